The van der Waals surface area contributed by atoms with Gasteiger partial charge in [-0.05, 0) is 69.2 Å². The minimum atomic E-state index is -0.746. The molecule has 0 spiro atoms. The van der Waals surface area contributed by atoms with Crippen LogP contribution in [0.15, 0.2) is 48.3 Å². The monoisotopic (exact) mass is 481 g/mol. The standard InChI is InChI=1S/C27H35N3O5/c1-18(2)11-16-35-21-8-7-20(17-22(21)34-5)24-23(25(31)19-9-12-28-13-10-19)26(32)27(33)30(24)15-6-14-29(3)4/h7-10,12-13,17-18,24,31H,6,11,14-16H2,1-5H3. The first-order chi connectivity index (χ1) is 16.7. The lowest BCUT2D eigenvalue weighted by Crippen LogP contribution is -2.32. The maximum Gasteiger partial charge on any atom is 0.295 e. The smallest absolute Gasteiger partial charge is 0.295 e. The van der Waals surface area contributed by atoms with Gasteiger partial charge in [-0.1, -0.05) is 19.9 Å². The summed E-state index contributed by atoms with van der Waals surface area (Å²) in [6.45, 7) is 5.94. The van der Waals surface area contributed by atoms with Crippen LogP contribution in [0, 0.1) is 5.92 Å². The summed E-state index contributed by atoms with van der Waals surface area (Å²) < 4.78 is 11.5. The molecule has 1 aliphatic heterocycles. The number of rotatable bonds is 11. The number of nitrogens with zero attached hydrogens (tertiary/aromatic N) is 3. The number of amides is 1. The number of aromatic nitrogens is 1. The number of likely N-dealkylation sites (tertiary alicyclic amines) is 1. The van der Waals surface area contributed by atoms with Crippen LogP contribution in [-0.4, -0.2) is 72.5 Å². The number of hydrogen-bond donors (Lipinski definition) is 1. The van der Waals surface area contributed by atoms with E-state index in [0.717, 1.165) is 13.0 Å². The van der Waals surface area contributed by atoms with Gasteiger partial charge in [0.15, 0.2) is 11.5 Å². The number of aliphatic hydroxyl groups excluding tert-OH is 1. The molecule has 3 rings (SSSR count). The molecule has 2 heterocycles. The van der Waals surface area contributed by atoms with Gasteiger partial charge in [-0.3, -0.25) is 14.6 Å². The van der Waals surface area contributed by atoms with Crippen LogP contribution in [0.5, 0.6) is 11.5 Å². The summed E-state index contributed by atoms with van der Waals surface area (Å²) in [5, 5.41) is 11.1. The minimum absolute atomic E-state index is 0.0570. The molecule has 0 saturated carbocycles. The molecule has 1 atom stereocenters. The van der Waals surface area contributed by atoms with Crippen LogP contribution in [-0.2, 0) is 9.59 Å². The summed E-state index contributed by atoms with van der Waals surface area (Å²) in [5.41, 5.74) is 1.15. The zero-order chi connectivity index (χ0) is 25.5. The van der Waals surface area contributed by atoms with Gasteiger partial charge in [0.2, 0.25) is 0 Å². The molecule has 8 nitrogen and oxygen atoms in total. The lowest BCUT2D eigenvalue weighted by atomic mass is 9.95. The number of aliphatic hydroxyl groups is 1. The number of carbonyl (C=O) groups excluding carboxylic acids is 2. The number of pyridine rings is 1. The van der Waals surface area contributed by atoms with Crippen LogP contribution in [0.4, 0.5) is 0 Å². The molecule has 188 valence electrons. The summed E-state index contributed by atoms with van der Waals surface area (Å²) in [5.74, 6) is 0.0630. The Kier molecular flexibility index (Phi) is 8.87. The second kappa shape index (κ2) is 11.8. The molecule has 2 aromatic rings. The van der Waals surface area contributed by atoms with E-state index in [0.29, 0.717) is 48.1 Å². The highest BCUT2D eigenvalue weighted by atomic mass is 16.5. The van der Waals surface area contributed by atoms with E-state index in [1.807, 2.05) is 25.1 Å². The van der Waals surface area contributed by atoms with E-state index >= 15 is 0 Å². The third kappa shape index (κ3) is 6.19. The summed E-state index contributed by atoms with van der Waals surface area (Å²) in [6.07, 6.45) is 4.65. The Morgan fingerprint density at radius 2 is 1.86 bits per heavy atom. The largest absolute Gasteiger partial charge is 0.507 e. The summed E-state index contributed by atoms with van der Waals surface area (Å²) in [7, 11) is 5.47. The molecule has 1 aromatic carbocycles. The molecule has 1 N–H and O–H groups in total. The lowest BCUT2D eigenvalue weighted by molar-refractivity contribution is -0.139. The van der Waals surface area contributed by atoms with Gasteiger partial charge < -0.3 is 24.4 Å². The molecular formula is C27H35N3O5. The van der Waals surface area contributed by atoms with Gasteiger partial charge in [-0.2, -0.15) is 0 Å². The van der Waals surface area contributed by atoms with Gasteiger partial charge in [0.1, 0.15) is 5.76 Å². The molecule has 1 saturated heterocycles. The van der Waals surface area contributed by atoms with Crippen molar-refractivity contribution in [2.75, 3.05) is 40.9 Å². The van der Waals surface area contributed by atoms with Crippen molar-refractivity contribution < 1.29 is 24.2 Å². The number of ether oxygens (including phenoxy) is 2. The summed E-state index contributed by atoms with van der Waals surface area (Å²) in [6, 6.07) is 7.86. The molecule has 1 unspecified atom stereocenters. The van der Waals surface area contributed by atoms with E-state index in [1.165, 1.54) is 17.3 Å². The van der Waals surface area contributed by atoms with Crippen LogP contribution in [0.2, 0.25) is 0 Å². The van der Waals surface area contributed by atoms with Crippen molar-refractivity contribution in [3.63, 3.8) is 0 Å². The summed E-state index contributed by atoms with van der Waals surface area (Å²) in [4.78, 5) is 33.8. The van der Waals surface area contributed by atoms with E-state index in [4.69, 9.17) is 9.47 Å². The van der Waals surface area contributed by atoms with Crippen LogP contribution < -0.4 is 9.47 Å². The van der Waals surface area contributed by atoms with Crippen molar-refractivity contribution in [2.24, 2.45) is 5.92 Å². The number of hydrogen-bond acceptors (Lipinski definition) is 7. The first kappa shape index (κ1) is 26.2. The molecule has 1 amide bonds. The van der Waals surface area contributed by atoms with Crippen molar-refractivity contribution in [2.45, 2.75) is 32.7 Å². The topological polar surface area (TPSA) is 92.2 Å². The Hall–Kier alpha value is -3.39. The molecule has 8 heteroatoms. The predicted molar refractivity (Wildman–Crippen MR) is 134 cm³/mol. The Morgan fingerprint density at radius 1 is 1.14 bits per heavy atom. The summed E-state index contributed by atoms with van der Waals surface area (Å²) >= 11 is 0. The van der Waals surface area contributed by atoms with Crippen molar-refractivity contribution in [3.05, 3.63) is 59.4 Å². The average molecular weight is 482 g/mol. The van der Waals surface area contributed by atoms with Crippen molar-refractivity contribution in [1.29, 1.82) is 0 Å². The van der Waals surface area contributed by atoms with Crippen molar-refractivity contribution in [1.82, 2.24) is 14.8 Å². The predicted octanol–water partition coefficient (Wildman–Crippen LogP) is 3.89. The second-order valence-electron chi connectivity index (χ2n) is 9.33. The Morgan fingerprint density at radius 3 is 2.49 bits per heavy atom. The van der Waals surface area contributed by atoms with Crippen LogP contribution in [0.25, 0.3) is 5.76 Å². The number of ketones is 1. The van der Waals surface area contributed by atoms with Crippen molar-refractivity contribution in [3.8, 4) is 11.5 Å². The first-order valence-corrected chi connectivity index (χ1v) is 11.9. The quantitative estimate of drug-likeness (QED) is 0.296. The molecule has 1 aliphatic rings. The molecule has 1 aromatic heterocycles. The lowest BCUT2D eigenvalue weighted by Gasteiger charge is -2.26. The molecule has 1 fully saturated rings. The molecule has 0 bridgehead atoms. The third-order valence-electron chi connectivity index (χ3n) is 5.95. The normalized spacial score (nSPS) is 17.5. The number of carbonyl (C=O) groups is 2. The molecular weight excluding hydrogens is 446 g/mol. The maximum absolute atomic E-state index is 13.1. The highest BCUT2D eigenvalue weighted by molar-refractivity contribution is 6.46. The van der Waals surface area contributed by atoms with E-state index in [2.05, 4.69) is 18.8 Å². The van der Waals surface area contributed by atoms with Crippen LogP contribution in [0.1, 0.15) is 43.9 Å². The third-order valence-corrected chi connectivity index (χ3v) is 5.95. The fraction of sp³-hybridized carbons (Fsp3) is 0.444. The van der Waals surface area contributed by atoms with Gasteiger partial charge in [0.25, 0.3) is 11.7 Å². The van der Waals surface area contributed by atoms with Gasteiger partial charge in [0.05, 0.1) is 25.3 Å². The highest BCUT2D eigenvalue weighted by Crippen LogP contribution is 2.42. The van der Waals surface area contributed by atoms with Gasteiger partial charge in [-0.15, -0.1) is 0 Å². The molecule has 0 radical (unpaired) electrons. The van der Waals surface area contributed by atoms with Crippen molar-refractivity contribution >= 4 is 17.4 Å². The van der Waals surface area contributed by atoms with E-state index < -0.39 is 17.7 Å². The van der Waals surface area contributed by atoms with E-state index in [-0.39, 0.29) is 11.3 Å². The molecule has 0 aliphatic carbocycles. The average Bonchev–Trinajstić information content (AvgIpc) is 3.09. The zero-order valence-corrected chi connectivity index (χ0v) is 21.2. The van der Waals surface area contributed by atoms with Gasteiger partial charge >= 0.3 is 0 Å². The second-order valence-corrected chi connectivity index (χ2v) is 9.33. The fourth-order valence-corrected chi connectivity index (χ4v) is 4.06. The number of methoxy groups -OCH3 is 1. The van der Waals surface area contributed by atoms with E-state index in [9.17, 15) is 14.7 Å². The maximum atomic E-state index is 13.1. The highest BCUT2D eigenvalue weighted by Gasteiger charge is 2.46. The zero-order valence-electron chi connectivity index (χ0n) is 21.2. The van der Waals surface area contributed by atoms with Gasteiger partial charge in [-0.25, -0.2) is 0 Å². The Labute approximate surface area is 207 Å². The Bertz CT molecular complexity index is 1070. The SMILES string of the molecule is COc1cc(C2C(=C(O)c3ccncc3)C(=O)C(=O)N2CCCN(C)C)ccc1OCCC(C)C. The van der Waals surface area contributed by atoms with E-state index in [1.54, 1.807) is 31.4 Å². The van der Waals surface area contributed by atoms with Gasteiger partial charge in [0, 0.05) is 24.5 Å². The number of benzene rings is 1. The Balaban J connectivity index is 2.04. The number of Topliss-reactive ketones (excluding diaryl/α,β-unsaturated/α-hetero) is 1. The molecule has 35 heavy (non-hydrogen) atoms. The van der Waals surface area contributed by atoms with Crippen LogP contribution in [0.3, 0.4) is 0 Å². The first-order valence-electron chi connectivity index (χ1n) is 11.9. The fourth-order valence-electron chi connectivity index (χ4n) is 4.06. The van der Waals surface area contributed by atoms with Crippen LogP contribution >= 0.6 is 0 Å². The minimum Gasteiger partial charge on any atom is -0.507 e.